The lowest BCUT2D eigenvalue weighted by Crippen LogP contribution is -2.51. The highest BCUT2D eigenvalue weighted by molar-refractivity contribution is 5.94. The van der Waals surface area contributed by atoms with Gasteiger partial charge in [-0.1, -0.05) is 12.1 Å². The predicted octanol–water partition coefficient (Wildman–Crippen LogP) is -0.909. The van der Waals surface area contributed by atoms with Crippen molar-refractivity contribution in [3.63, 3.8) is 0 Å². The van der Waals surface area contributed by atoms with Gasteiger partial charge in [0, 0.05) is 19.2 Å². The van der Waals surface area contributed by atoms with Crippen LogP contribution in [0.25, 0.3) is 0 Å². The molecule has 1 saturated heterocycles. The average Bonchev–Trinajstić information content (AvgIpc) is 2.44. The zero-order valence-electron chi connectivity index (χ0n) is 11.1. The SMILES string of the molecule is CN1CC(=O)N(Cc2cccc(C(=O)NN)c2)CC1=O. The fourth-order valence-electron chi connectivity index (χ4n) is 2.02. The summed E-state index contributed by atoms with van der Waals surface area (Å²) >= 11 is 0. The van der Waals surface area contributed by atoms with Crippen LogP contribution in [0.4, 0.5) is 0 Å². The number of carbonyl (C=O) groups excluding carboxylic acids is 3. The number of hydrogen-bond acceptors (Lipinski definition) is 4. The second-order valence-corrected chi connectivity index (χ2v) is 4.67. The molecular weight excluding hydrogens is 260 g/mol. The molecular formula is C13H16N4O3. The van der Waals surface area contributed by atoms with Gasteiger partial charge in [-0.05, 0) is 17.7 Å². The number of nitrogen functional groups attached to an aromatic ring is 1. The van der Waals surface area contributed by atoms with Crippen LogP contribution in [0, 0.1) is 0 Å². The van der Waals surface area contributed by atoms with Gasteiger partial charge in [-0.15, -0.1) is 0 Å². The van der Waals surface area contributed by atoms with Gasteiger partial charge in [-0.3, -0.25) is 19.8 Å². The lowest BCUT2D eigenvalue weighted by atomic mass is 10.1. The molecule has 1 aromatic rings. The highest BCUT2D eigenvalue weighted by Crippen LogP contribution is 2.11. The lowest BCUT2D eigenvalue weighted by molar-refractivity contribution is -0.149. The number of nitrogens with zero attached hydrogens (tertiary/aromatic N) is 2. The number of hydrazine groups is 1. The highest BCUT2D eigenvalue weighted by Gasteiger charge is 2.27. The number of piperazine rings is 1. The first kappa shape index (κ1) is 14.0. The molecule has 0 aliphatic carbocycles. The van der Waals surface area contributed by atoms with Crippen molar-refractivity contribution < 1.29 is 14.4 Å². The maximum Gasteiger partial charge on any atom is 0.265 e. The molecule has 1 aromatic carbocycles. The second-order valence-electron chi connectivity index (χ2n) is 4.67. The standard InChI is InChI=1S/C13H16N4O3/c1-16-7-12(19)17(8-11(16)18)6-9-3-2-4-10(5-9)13(20)15-14/h2-5H,6-8,14H2,1H3,(H,15,20). The molecule has 7 heteroatoms. The normalized spacial score (nSPS) is 15.5. The highest BCUT2D eigenvalue weighted by atomic mass is 16.2. The topological polar surface area (TPSA) is 95.7 Å². The van der Waals surface area contributed by atoms with Crippen LogP contribution < -0.4 is 11.3 Å². The maximum absolute atomic E-state index is 11.9. The molecule has 0 radical (unpaired) electrons. The molecule has 1 heterocycles. The van der Waals surface area contributed by atoms with E-state index in [1.807, 2.05) is 0 Å². The van der Waals surface area contributed by atoms with Gasteiger partial charge in [0.1, 0.15) is 6.54 Å². The van der Waals surface area contributed by atoms with Crippen molar-refractivity contribution in [2.75, 3.05) is 20.1 Å². The lowest BCUT2D eigenvalue weighted by Gasteiger charge is -2.31. The summed E-state index contributed by atoms with van der Waals surface area (Å²) in [5.41, 5.74) is 3.24. The number of nitrogens with two attached hydrogens (primary N) is 1. The molecule has 0 unspecified atom stereocenters. The fourth-order valence-corrected chi connectivity index (χ4v) is 2.02. The van der Waals surface area contributed by atoms with E-state index in [0.29, 0.717) is 12.1 Å². The number of carbonyl (C=O) groups is 3. The van der Waals surface area contributed by atoms with Crippen molar-refractivity contribution in [2.45, 2.75) is 6.54 Å². The van der Waals surface area contributed by atoms with E-state index < -0.39 is 5.91 Å². The van der Waals surface area contributed by atoms with Crippen LogP contribution in [0.5, 0.6) is 0 Å². The zero-order chi connectivity index (χ0) is 14.7. The van der Waals surface area contributed by atoms with Gasteiger partial charge in [0.2, 0.25) is 11.8 Å². The third-order valence-corrected chi connectivity index (χ3v) is 3.17. The summed E-state index contributed by atoms with van der Waals surface area (Å²) in [6, 6.07) is 6.78. The molecule has 2 rings (SSSR count). The third kappa shape index (κ3) is 2.94. The summed E-state index contributed by atoms with van der Waals surface area (Å²) in [5, 5.41) is 0. The Kier molecular flexibility index (Phi) is 3.99. The molecule has 0 bridgehead atoms. The van der Waals surface area contributed by atoms with Crippen LogP contribution in [-0.2, 0) is 16.1 Å². The molecule has 3 amide bonds. The first-order valence-corrected chi connectivity index (χ1v) is 6.13. The molecule has 106 valence electrons. The molecule has 20 heavy (non-hydrogen) atoms. The predicted molar refractivity (Wildman–Crippen MR) is 71.1 cm³/mol. The average molecular weight is 276 g/mol. The Morgan fingerprint density at radius 2 is 2.05 bits per heavy atom. The van der Waals surface area contributed by atoms with Crippen molar-refractivity contribution >= 4 is 17.7 Å². The summed E-state index contributed by atoms with van der Waals surface area (Å²) in [5.74, 6) is 4.48. The Morgan fingerprint density at radius 3 is 2.75 bits per heavy atom. The van der Waals surface area contributed by atoms with Gasteiger partial charge in [0.05, 0.1) is 6.54 Å². The van der Waals surface area contributed by atoms with E-state index in [4.69, 9.17) is 5.84 Å². The van der Waals surface area contributed by atoms with Crippen molar-refractivity contribution in [3.8, 4) is 0 Å². The van der Waals surface area contributed by atoms with Crippen LogP contribution >= 0.6 is 0 Å². The summed E-state index contributed by atoms with van der Waals surface area (Å²) in [7, 11) is 1.60. The Bertz CT molecular complexity index is 558. The monoisotopic (exact) mass is 276 g/mol. The van der Waals surface area contributed by atoms with E-state index in [-0.39, 0.29) is 24.9 Å². The number of hydrogen-bond donors (Lipinski definition) is 2. The van der Waals surface area contributed by atoms with Crippen LogP contribution in [-0.4, -0.2) is 47.7 Å². The third-order valence-electron chi connectivity index (χ3n) is 3.17. The van der Waals surface area contributed by atoms with E-state index in [1.165, 1.54) is 9.80 Å². The van der Waals surface area contributed by atoms with Crippen molar-refractivity contribution in [2.24, 2.45) is 5.84 Å². The van der Waals surface area contributed by atoms with Gasteiger partial charge < -0.3 is 9.80 Å². The minimum Gasteiger partial charge on any atom is -0.335 e. The summed E-state index contributed by atoms with van der Waals surface area (Å²) in [6.07, 6.45) is 0. The first-order valence-electron chi connectivity index (χ1n) is 6.13. The molecule has 3 N–H and O–H groups in total. The smallest absolute Gasteiger partial charge is 0.265 e. The number of rotatable bonds is 3. The summed E-state index contributed by atoms with van der Waals surface area (Å²) < 4.78 is 0. The Balaban J connectivity index is 2.12. The van der Waals surface area contributed by atoms with Crippen LogP contribution in [0.1, 0.15) is 15.9 Å². The van der Waals surface area contributed by atoms with Gasteiger partial charge >= 0.3 is 0 Å². The Labute approximate surface area is 116 Å². The van der Waals surface area contributed by atoms with E-state index in [0.717, 1.165) is 5.56 Å². The first-order chi connectivity index (χ1) is 9.51. The Morgan fingerprint density at radius 1 is 1.30 bits per heavy atom. The quantitative estimate of drug-likeness (QED) is 0.424. The van der Waals surface area contributed by atoms with Crippen molar-refractivity contribution in [3.05, 3.63) is 35.4 Å². The van der Waals surface area contributed by atoms with Gasteiger partial charge in [-0.2, -0.15) is 0 Å². The van der Waals surface area contributed by atoms with Crippen LogP contribution in [0.15, 0.2) is 24.3 Å². The van der Waals surface area contributed by atoms with E-state index in [9.17, 15) is 14.4 Å². The van der Waals surface area contributed by atoms with E-state index in [2.05, 4.69) is 5.43 Å². The second kappa shape index (κ2) is 5.70. The Hall–Kier alpha value is -2.41. The van der Waals surface area contributed by atoms with Gasteiger partial charge in [0.15, 0.2) is 0 Å². The minimum absolute atomic E-state index is 0.0582. The molecule has 0 aromatic heterocycles. The summed E-state index contributed by atoms with van der Waals surface area (Å²) in [4.78, 5) is 37.8. The number of likely N-dealkylation sites (N-methyl/N-ethyl adjacent to an activating group) is 1. The largest absolute Gasteiger partial charge is 0.335 e. The molecule has 1 aliphatic rings. The molecule has 7 nitrogen and oxygen atoms in total. The van der Waals surface area contributed by atoms with Crippen molar-refractivity contribution in [1.82, 2.24) is 15.2 Å². The van der Waals surface area contributed by atoms with E-state index in [1.54, 1.807) is 31.3 Å². The molecule has 0 saturated carbocycles. The van der Waals surface area contributed by atoms with E-state index >= 15 is 0 Å². The number of benzene rings is 1. The zero-order valence-corrected chi connectivity index (χ0v) is 11.1. The maximum atomic E-state index is 11.9. The van der Waals surface area contributed by atoms with Crippen molar-refractivity contribution in [1.29, 1.82) is 0 Å². The van der Waals surface area contributed by atoms with Crippen LogP contribution in [0.2, 0.25) is 0 Å². The molecule has 1 aliphatic heterocycles. The fraction of sp³-hybridized carbons (Fsp3) is 0.308. The van der Waals surface area contributed by atoms with Gasteiger partial charge in [0.25, 0.3) is 5.91 Å². The summed E-state index contributed by atoms with van der Waals surface area (Å²) in [6.45, 7) is 0.439. The number of nitrogens with one attached hydrogen (secondary N) is 1. The minimum atomic E-state index is -0.396. The van der Waals surface area contributed by atoms with Crippen LogP contribution in [0.3, 0.4) is 0 Å². The molecule has 0 spiro atoms. The molecule has 1 fully saturated rings. The van der Waals surface area contributed by atoms with Gasteiger partial charge in [-0.25, -0.2) is 5.84 Å². The number of amides is 3. The molecule has 0 atom stereocenters.